The van der Waals surface area contributed by atoms with Crippen molar-refractivity contribution in [2.24, 2.45) is 17.3 Å². The molecule has 5 atom stereocenters. The molecule has 2 saturated heterocycles. The Morgan fingerprint density at radius 2 is 1.78 bits per heavy atom. The van der Waals surface area contributed by atoms with Crippen molar-refractivity contribution in [1.82, 2.24) is 20.2 Å². The summed E-state index contributed by atoms with van der Waals surface area (Å²) in [6.07, 6.45) is 2.49. The van der Waals surface area contributed by atoms with Gasteiger partial charge in [0, 0.05) is 51.3 Å². The van der Waals surface area contributed by atoms with E-state index in [-0.39, 0.29) is 24.8 Å². The fourth-order valence-corrected chi connectivity index (χ4v) is 6.96. The number of aliphatic hydroxyl groups excluding tert-OH is 5. The molecule has 3 aliphatic rings. The summed E-state index contributed by atoms with van der Waals surface area (Å²) in [7, 11) is 0. The first-order valence-electron chi connectivity index (χ1n) is 16.0. The number of ether oxygens (including phenoxy) is 1. The van der Waals surface area contributed by atoms with Gasteiger partial charge in [0.05, 0.1) is 43.2 Å². The number of halogens is 2. The Hall–Kier alpha value is -2.65. The first kappa shape index (κ1) is 34.7. The molecule has 2 aliphatic heterocycles. The van der Waals surface area contributed by atoms with Crippen LogP contribution in [0.15, 0.2) is 30.6 Å². The third-order valence-corrected chi connectivity index (χ3v) is 10.2. The second-order valence-electron chi connectivity index (χ2n) is 13.0. The number of amides is 1. The van der Waals surface area contributed by atoms with E-state index in [9.17, 15) is 29.6 Å². The van der Waals surface area contributed by atoms with Crippen LogP contribution in [0.25, 0.3) is 0 Å². The maximum absolute atomic E-state index is 14.9. The molecule has 0 bridgehead atoms. The van der Waals surface area contributed by atoms with Gasteiger partial charge < -0.3 is 45.4 Å². The predicted molar refractivity (Wildman–Crippen MR) is 168 cm³/mol. The summed E-state index contributed by atoms with van der Waals surface area (Å²) >= 11 is 5.92. The average molecular weight is 666 g/mol. The summed E-state index contributed by atoms with van der Waals surface area (Å²) in [5, 5.41) is 51.3. The normalized spacial score (nSPS) is 22.1. The zero-order chi connectivity index (χ0) is 32.8. The van der Waals surface area contributed by atoms with Crippen molar-refractivity contribution >= 4 is 23.5 Å². The van der Waals surface area contributed by atoms with Crippen LogP contribution < -0.4 is 15.0 Å². The fraction of sp³-hybridized carbons (Fsp3) is 0.656. The number of hydrogen-bond acceptors (Lipinski definition) is 11. The van der Waals surface area contributed by atoms with Crippen molar-refractivity contribution < 1.29 is 39.5 Å². The molecule has 5 rings (SSSR count). The predicted octanol–water partition coefficient (Wildman–Crippen LogP) is 0.761. The molecule has 14 heteroatoms. The van der Waals surface area contributed by atoms with Crippen LogP contribution in [0.4, 0.5) is 10.3 Å². The number of rotatable bonds is 15. The van der Waals surface area contributed by atoms with Gasteiger partial charge in [0.15, 0.2) is 0 Å². The van der Waals surface area contributed by atoms with Crippen LogP contribution in [0.3, 0.4) is 0 Å². The minimum atomic E-state index is -1.67. The lowest BCUT2D eigenvalue weighted by atomic mass is 9.55. The second-order valence-corrected chi connectivity index (χ2v) is 13.4. The zero-order valence-corrected chi connectivity index (χ0v) is 26.6. The van der Waals surface area contributed by atoms with Crippen LogP contribution in [-0.4, -0.2) is 123 Å². The van der Waals surface area contributed by atoms with Gasteiger partial charge in [-0.25, -0.2) is 14.4 Å². The molecule has 0 radical (unpaired) electrons. The molecule has 2 aromatic rings. The van der Waals surface area contributed by atoms with Crippen LogP contribution in [0, 0.1) is 23.1 Å². The van der Waals surface area contributed by atoms with E-state index in [0.717, 1.165) is 38.3 Å². The van der Waals surface area contributed by atoms with Crippen molar-refractivity contribution in [2.45, 2.75) is 62.9 Å². The molecule has 1 aliphatic carbocycles. The lowest BCUT2D eigenvalue weighted by molar-refractivity contribution is -0.136. The summed E-state index contributed by atoms with van der Waals surface area (Å²) in [6, 6.07) is 4.67. The summed E-state index contributed by atoms with van der Waals surface area (Å²) in [5.74, 6) is 1.24. The number of hydrogen-bond donors (Lipinski definition) is 6. The number of carbonyl (C=O) groups is 1. The molecule has 12 nitrogen and oxygen atoms in total. The number of piperidine rings is 1. The highest BCUT2D eigenvalue weighted by atomic mass is 35.5. The average Bonchev–Trinajstić information content (AvgIpc) is 3.03. The summed E-state index contributed by atoms with van der Waals surface area (Å²) in [4.78, 5) is 25.3. The molecule has 6 N–H and O–H groups in total. The standard InChI is InChI=1S/C32H45ClFN5O7/c33-23-14-36-31(37-15-23)38-8-6-32(7-9-38)5-3-22(32)4-10-46-24-2-1-21(25(34)12-24)11-28(43)39-17-20(18-39)13-35-16-26(41)29(44)30(45)27(42)19-40/h1-2,12,14-15,20,22,26-27,29-30,35,40-42,44-45H,3-11,13,16-19H2/t22?,26-,27+,29+,30+/m0/s1. The molecule has 1 spiro atoms. The third kappa shape index (κ3) is 8.25. The SMILES string of the molecule is O=C(Cc1ccc(OCCC2CCC23CCN(c2ncc(Cl)cn2)CC3)cc1F)N1CC(CNC[C@H](O)[C@@H](O)[C@H](O)[C@H](O)CO)C1. The molecular formula is C32H45ClFN5O7. The van der Waals surface area contributed by atoms with E-state index in [0.29, 0.717) is 53.9 Å². The Labute approximate surface area is 273 Å². The highest BCUT2D eigenvalue weighted by Gasteiger charge is 2.47. The minimum absolute atomic E-state index is 0.0400. The van der Waals surface area contributed by atoms with E-state index in [1.54, 1.807) is 29.4 Å². The highest BCUT2D eigenvalue weighted by Crippen LogP contribution is 2.55. The van der Waals surface area contributed by atoms with Crippen molar-refractivity contribution in [1.29, 1.82) is 0 Å². The summed E-state index contributed by atoms with van der Waals surface area (Å²) in [5.41, 5.74) is 0.639. The van der Waals surface area contributed by atoms with E-state index in [2.05, 4.69) is 20.2 Å². The van der Waals surface area contributed by atoms with Gasteiger partial charge >= 0.3 is 0 Å². The van der Waals surface area contributed by atoms with E-state index in [1.807, 2.05) is 0 Å². The zero-order valence-electron chi connectivity index (χ0n) is 25.8. The van der Waals surface area contributed by atoms with Gasteiger partial charge in [0.25, 0.3) is 0 Å². The first-order valence-corrected chi connectivity index (χ1v) is 16.4. The third-order valence-electron chi connectivity index (χ3n) is 10.0. The van der Waals surface area contributed by atoms with Gasteiger partial charge in [0.1, 0.15) is 29.9 Å². The molecule has 1 unspecified atom stereocenters. The Morgan fingerprint density at radius 3 is 2.41 bits per heavy atom. The van der Waals surface area contributed by atoms with Crippen LogP contribution in [0.5, 0.6) is 5.75 Å². The van der Waals surface area contributed by atoms with Crippen LogP contribution in [-0.2, 0) is 11.2 Å². The highest BCUT2D eigenvalue weighted by molar-refractivity contribution is 6.30. The van der Waals surface area contributed by atoms with Crippen molar-refractivity contribution in [3.8, 4) is 5.75 Å². The van der Waals surface area contributed by atoms with Crippen LogP contribution in [0.2, 0.25) is 5.02 Å². The monoisotopic (exact) mass is 665 g/mol. The van der Waals surface area contributed by atoms with Gasteiger partial charge in [-0.2, -0.15) is 0 Å². The van der Waals surface area contributed by atoms with E-state index in [1.165, 1.54) is 18.9 Å². The molecule has 3 fully saturated rings. The lowest BCUT2D eigenvalue weighted by Gasteiger charge is -2.54. The number of benzene rings is 1. The number of anilines is 1. The lowest BCUT2D eigenvalue weighted by Crippen LogP contribution is -2.55. The second kappa shape index (κ2) is 15.5. The molecule has 1 amide bonds. The summed E-state index contributed by atoms with van der Waals surface area (Å²) < 4.78 is 20.8. The van der Waals surface area contributed by atoms with Crippen molar-refractivity contribution in [2.75, 3.05) is 57.4 Å². The van der Waals surface area contributed by atoms with Gasteiger partial charge in [-0.15, -0.1) is 0 Å². The van der Waals surface area contributed by atoms with Crippen LogP contribution in [0.1, 0.15) is 37.7 Å². The molecule has 254 valence electrons. The number of nitrogens with one attached hydrogen (secondary N) is 1. The number of carbonyl (C=O) groups excluding carboxylic acids is 1. The summed E-state index contributed by atoms with van der Waals surface area (Å²) in [6.45, 7) is 2.99. The van der Waals surface area contributed by atoms with Gasteiger partial charge in [-0.1, -0.05) is 17.7 Å². The molecule has 46 heavy (non-hydrogen) atoms. The Kier molecular flexibility index (Phi) is 11.7. The Bertz CT molecular complexity index is 1300. The van der Waals surface area contributed by atoms with Crippen molar-refractivity contribution in [3.63, 3.8) is 0 Å². The van der Waals surface area contributed by atoms with Gasteiger partial charge in [-0.3, -0.25) is 4.79 Å². The smallest absolute Gasteiger partial charge is 0.227 e. The largest absolute Gasteiger partial charge is 0.493 e. The maximum atomic E-state index is 14.9. The van der Waals surface area contributed by atoms with Crippen molar-refractivity contribution in [3.05, 3.63) is 47.0 Å². The number of aromatic nitrogens is 2. The first-order chi connectivity index (χ1) is 22.1. The van der Waals surface area contributed by atoms with E-state index >= 15 is 0 Å². The Balaban J connectivity index is 0.977. The number of aliphatic hydroxyl groups is 5. The van der Waals surface area contributed by atoms with Crippen LogP contribution >= 0.6 is 11.6 Å². The quantitative estimate of drug-likeness (QED) is 0.159. The molecule has 1 aromatic heterocycles. The number of nitrogens with zero attached hydrogens (tertiary/aromatic N) is 4. The molecule has 1 aromatic carbocycles. The molecule has 3 heterocycles. The molecular weight excluding hydrogens is 621 g/mol. The van der Waals surface area contributed by atoms with E-state index in [4.69, 9.17) is 21.4 Å². The van der Waals surface area contributed by atoms with Gasteiger partial charge in [-0.05, 0) is 55.1 Å². The van der Waals surface area contributed by atoms with E-state index < -0.39 is 36.8 Å². The number of likely N-dealkylation sites (tertiary alicyclic amines) is 1. The van der Waals surface area contributed by atoms with Gasteiger partial charge in [0.2, 0.25) is 11.9 Å². The topological polar surface area (TPSA) is 172 Å². The minimum Gasteiger partial charge on any atom is -0.493 e. The fourth-order valence-electron chi connectivity index (χ4n) is 6.86. The molecule has 1 saturated carbocycles. The maximum Gasteiger partial charge on any atom is 0.227 e. The Morgan fingerprint density at radius 1 is 1.09 bits per heavy atom.